The molecular weight excluding hydrogens is 416 g/mol. The lowest BCUT2D eigenvalue weighted by Crippen LogP contribution is -2.57. The van der Waals surface area contributed by atoms with Crippen molar-refractivity contribution in [1.82, 2.24) is 0 Å². The van der Waals surface area contributed by atoms with Crippen molar-refractivity contribution in [2.45, 2.75) is 41.7 Å². The van der Waals surface area contributed by atoms with Crippen LogP contribution in [0.2, 0.25) is 0 Å². The highest BCUT2D eigenvalue weighted by atomic mass is 32.2. The van der Waals surface area contributed by atoms with Gasteiger partial charge in [-0.1, -0.05) is 0 Å². The number of carbonyl (C=O) groups is 2. The van der Waals surface area contributed by atoms with Gasteiger partial charge in [0.15, 0.2) is 23.2 Å². The molecule has 12 nitrogen and oxygen atoms in total. The van der Waals surface area contributed by atoms with Gasteiger partial charge in [-0.05, 0) is 23.8 Å². The fraction of sp³-hybridized carbons (Fsp3) is 0.375. The fourth-order valence-electron chi connectivity index (χ4n) is 2.91. The third-order valence-electron chi connectivity index (χ3n) is 4.30. The average molecular weight is 434 g/mol. The second-order valence-electron chi connectivity index (χ2n) is 6.44. The molecule has 0 saturated heterocycles. The molecule has 0 unspecified atom stereocenters. The van der Waals surface area contributed by atoms with Crippen molar-refractivity contribution < 1.29 is 57.9 Å². The van der Waals surface area contributed by atoms with E-state index in [9.17, 15) is 48.1 Å². The number of aliphatic hydroxyl groups excluding tert-OH is 2. The van der Waals surface area contributed by atoms with E-state index >= 15 is 0 Å². The zero-order valence-electron chi connectivity index (χ0n) is 14.5. The molecule has 1 aliphatic carbocycles. The van der Waals surface area contributed by atoms with E-state index in [4.69, 9.17) is 9.84 Å². The molecule has 29 heavy (non-hydrogen) atoms. The van der Waals surface area contributed by atoms with Gasteiger partial charge < -0.3 is 35.4 Å². The van der Waals surface area contributed by atoms with Gasteiger partial charge in [-0.15, -0.1) is 0 Å². The lowest BCUT2D eigenvalue weighted by molar-refractivity contribution is -0.196. The number of phenolic OH excluding ortho intramolecular Hbond substituents is 2. The van der Waals surface area contributed by atoms with Gasteiger partial charge in [-0.3, -0.25) is 4.55 Å². The highest BCUT2D eigenvalue weighted by molar-refractivity contribution is 7.86. The molecular formula is C16H18O12S. The molecule has 0 aliphatic heterocycles. The van der Waals surface area contributed by atoms with Gasteiger partial charge in [0.1, 0.15) is 4.90 Å². The second kappa shape index (κ2) is 7.96. The van der Waals surface area contributed by atoms with Crippen molar-refractivity contribution in [2.24, 2.45) is 0 Å². The lowest BCUT2D eigenvalue weighted by atomic mass is 9.79. The minimum Gasteiger partial charge on any atom is -0.504 e. The van der Waals surface area contributed by atoms with Crippen LogP contribution in [0.4, 0.5) is 0 Å². The summed E-state index contributed by atoms with van der Waals surface area (Å²) in [5, 5.41) is 57.6. The van der Waals surface area contributed by atoms with Crippen LogP contribution >= 0.6 is 0 Å². The van der Waals surface area contributed by atoms with Crippen LogP contribution in [0.25, 0.3) is 6.08 Å². The topological polar surface area (TPSA) is 219 Å². The number of aliphatic hydroxyl groups is 3. The molecule has 1 aliphatic rings. The number of carbonyl (C=O) groups excluding carboxylic acids is 1. The Kier molecular flexibility index (Phi) is 6.20. The summed E-state index contributed by atoms with van der Waals surface area (Å²) < 4.78 is 36.8. The molecule has 160 valence electrons. The Hall–Kier alpha value is -2.71. The van der Waals surface area contributed by atoms with E-state index in [-0.39, 0.29) is 5.56 Å². The summed E-state index contributed by atoms with van der Waals surface area (Å²) in [4.78, 5) is 21.9. The molecule has 0 bridgehead atoms. The quantitative estimate of drug-likeness (QED) is 0.123. The molecule has 2 atom stereocenters. The molecule has 0 heterocycles. The zero-order valence-corrected chi connectivity index (χ0v) is 15.4. The van der Waals surface area contributed by atoms with Crippen LogP contribution in [0.5, 0.6) is 11.5 Å². The number of carboxylic acids is 1. The van der Waals surface area contributed by atoms with Gasteiger partial charge in [0.2, 0.25) is 0 Å². The number of aromatic hydroxyl groups is 2. The Morgan fingerprint density at radius 3 is 2.17 bits per heavy atom. The minimum atomic E-state index is -4.98. The monoisotopic (exact) mass is 434 g/mol. The first-order chi connectivity index (χ1) is 13.3. The van der Waals surface area contributed by atoms with E-state index in [1.54, 1.807) is 0 Å². The first kappa shape index (κ1) is 22.6. The molecule has 0 amide bonds. The van der Waals surface area contributed by atoms with Crippen molar-refractivity contribution in [3.63, 3.8) is 0 Å². The van der Waals surface area contributed by atoms with Gasteiger partial charge in [-0.2, -0.15) is 8.42 Å². The van der Waals surface area contributed by atoms with Crippen molar-refractivity contribution in [3.05, 3.63) is 23.8 Å². The molecule has 1 aromatic rings. The predicted octanol–water partition coefficient (Wildman–Crippen LogP) is -1.40. The SMILES string of the molecule is O=C(/C=C/c1ccc(O)c(O)c1S(=O)(=O)O)OC1[C@H](O)CC(O)(C(=O)O)C[C@H]1O. The summed E-state index contributed by atoms with van der Waals surface area (Å²) in [5.74, 6) is -4.83. The molecule has 1 fully saturated rings. The summed E-state index contributed by atoms with van der Waals surface area (Å²) in [7, 11) is -4.98. The van der Waals surface area contributed by atoms with Gasteiger partial charge in [0.05, 0.1) is 12.2 Å². The van der Waals surface area contributed by atoms with E-state index in [0.717, 1.165) is 18.2 Å². The fourth-order valence-corrected chi connectivity index (χ4v) is 3.69. The average Bonchev–Trinajstić information content (AvgIpc) is 2.57. The van der Waals surface area contributed by atoms with Crippen LogP contribution in [0, 0.1) is 0 Å². The van der Waals surface area contributed by atoms with Gasteiger partial charge in [0.25, 0.3) is 10.1 Å². The number of ether oxygens (including phenoxy) is 1. The van der Waals surface area contributed by atoms with Gasteiger partial charge >= 0.3 is 11.9 Å². The van der Waals surface area contributed by atoms with Crippen molar-refractivity contribution in [1.29, 1.82) is 0 Å². The van der Waals surface area contributed by atoms with E-state index in [2.05, 4.69) is 0 Å². The lowest BCUT2D eigenvalue weighted by Gasteiger charge is -2.39. The maximum Gasteiger partial charge on any atom is 0.335 e. The molecule has 1 saturated carbocycles. The summed E-state index contributed by atoms with van der Waals surface area (Å²) in [6, 6.07) is 1.87. The summed E-state index contributed by atoms with van der Waals surface area (Å²) >= 11 is 0. The number of phenols is 2. The van der Waals surface area contributed by atoms with Gasteiger partial charge in [-0.25, -0.2) is 9.59 Å². The number of rotatable bonds is 5. The standard InChI is InChI=1S/C16H18O12S/c17-8-3-1-7(14(12(8)21)29(25,26)27)2-4-11(20)28-13-9(18)5-16(24,15(22)23)6-10(13)19/h1-4,9-10,13,17-19,21,24H,5-6H2,(H,22,23)(H,25,26,27)/b4-2+/t9-,10-,13?,16?/m1/s1. The highest BCUT2D eigenvalue weighted by Gasteiger charge is 2.50. The van der Waals surface area contributed by atoms with E-state index in [1.807, 2.05) is 0 Å². The maximum absolute atomic E-state index is 11.9. The Morgan fingerprint density at radius 2 is 1.69 bits per heavy atom. The summed E-state index contributed by atoms with van der Waals surface area (Å²) in [6.45, 7) is 0. The normalized spacial score (nSPS) is 27.7. The van der Waals surface area contributed by atoms with Crippen LogP contribution in [0.15, 0.2) is 23.1 Å². The molecule has 7 N–H and O–H groups in total. The third-order valence-corrected chi connectivity index (χ3v) is 5.24. The molecule has 0 spiro atoms. The number of aliphatic carboxylic acids is 1. The van der Waals surface area contributed by atoms with Crippen LogP contribution in [-0.4, -0.2) is 79.5 Å². The third kappa shape index (κ3) is 4.83. The van der Waals surface area contributed by atoms with Crippen LogP contribution < -0.4 is 0 Å². The Labute approximate surface area is 163 Å². The highest BCUT2D eigenvalue weighted by Crippen LogP contribution is 2.35. The molecule has 0 radical (unpaired) electrons. The molecule has 2 rings (SSSR count). The predicted molar refractivity (Wildman–Crippen MR) is 92.3 cm³/mol. The number of hydrogen-bond acceptors (Lipinski definition) is 10. The summed E-state index contributed by atoms with van der Waals surface area (Å²) in [6.07, 6.45) is -4.93. The van der Waals surface area contributed by atoms with E-state index in [0.29, 0.717) is 6.08 Å². The molecule has 1 aromatic carbocycles. The Balaban J connectivity index is 2.19. The number of benzene rings is 1. The largest absolute Gasteiger partial charge is 0.504 e. The van der Waals surface area contributed by atoms with Gasteiger partial charge in [0, 0.05) is 18.9 Å². The summed E-state index contributed by atoms with van der Waals surface area (Å²) in [5.41, 5.74) is -2.78. The number of hydrogen-bond donors (Lipinski definition) is 7. The van der Waals surface area contributed by atoms with Crippen molar-refractivity contribution in [2.75, 3.05) is 0 Å². The van der Waals surface area contributed by atoms with E-state index in [1.165, 1.54) is 0 Å². The zero-order chi connectivity index (χ0) is 22.1. The minimum absolute atomic E-state index is 0.384. The number of esters is 1. The van der Waals surface area contributed by atoms with Crippen molar-refractivity contribution >= 4 is 28.1 Å². The Bertz CT molecular complexity index is 939. The van der Waals surface area contributed by atoms with Crippen LogP contribution in [0.3, 0.4) is 0 Å². The second-order valence-corrected chi connectivity index (χ2v) is 7.80. The number of carboxylic acid groups (broad SMARTS) is 1. The van der Waals surface area contributed by atoms with Crippen LogP contribution in [0.1, 0.15) is 18.4 Å². The Morgan fingerprint density at radius 1 is 1.14 bits per heavy atom. The van der Waals surface area contributed by atoms with E-state index < -0.39 is 75.2 Å². The molecule has 0 aromatic heterocycles. The first-order valence-electron chi connectivity index (χ1n) is 7.99. The van der Waals surface area contributed by atoms with Crippen LogP contribution in [-0.2, 0) is 24.4 Å². The maximum atomic E-state index is 11.9. The van der Waals surface area contributed by atoms with Crippen molar-refractivity contribution in [3.8, 4) is 11.5 Å². The smallest absolute Gasteiger partial charge is 0.335 e. The first-order valence-corrected chi connectivity index (χ1v) is 9.43. The molecule has 13 heteroatoms.